The van der Waals surface area contributed by atoms with Gasteiger partial charge in [-0.3, -0.25) is 4.98 Å². The van der Waals surface area contributed by atoms with Crippen LogP contribution < -0.4 is 11.1 Å². The summed E-state index contributed by atoms with van der Waals surface area (Å²) in [5.74, 6) is 0.718. The first-order valence-electron chi connectivity index (χ1n) is 9.71. The Kier molecular flexibility index (Phi) is 6.29. The quantitative estimate of drug-likeness (QED) is 0.552. The second-order valence-corrected chi connectivity index (χ2v) is 7.73. The summed E-state index contributed by atoms with van der Waals surface area (Å²) in [5, 5.41) is 3.24. The zero-order valence-electron chi connectivity index (χ0n) is 17.5. The highest BCUT2D eigenvalue weighted by atomic mass is 19.4. The van der Waals surface area contributed by atoms with E-state index in [1.165, 1.54) is 12.1 Å². The lowest BCUT2D eigenvalue weighted by Crippen LogP contribution is -2.15. The standard InChI is InChI=1S/C23H24F3N5/c1-15-19(20(31-21(27)30-15)29-14-18-6-4-5-13-28-18)11-12-22(2,3)16-7-9-17(10-8-16)23(24,25)26/h4-13H,14H2,1-3H3,(H3,27,29,30,31)/b12-11+. The van der Waals surface area contributed by atoms with E-state index >= 15 is 0 Å². The van der Waals surface area contributed by atoms with Gasteiger partial charge in [-0.1, -0.05) is 44.2 Å². The third kappa shape index (κ3) is 5.59. The fourth-order valence-electron chi connectivity index (χ4n) is 3.09. The number of halogens is 3. The normalized spacial score (nSPS) is 12.3. The number of aromatic nitrogens is 3. The van der Waals surface area contributed by atoms with Gasteiger partial charge in [-0.15, -0.1) is 0 Å². The van der Waals surface area contributed by atoms with Gasteiger partial charge in [0.05, 0.1) is 23.5 Å². The first-order valence-corrected chi connectivity index (χ1v) is 9.71. The molecule has 162 valence electrons. The summed E-state index contributed by atoms with van der Waals surface area (Å²) in [5.41, 5.74) is 7.69. The maximum absolute atomic E-state index is 12.9. The van der Waals surface area contributed by atoms with Gasteiger partial charge >= 0.3 is 6.18 Å². The van der Waals surface area contributed by atoms with Gasteiger partial charge in [0.2, 0.25) is 5.95 Å². The van der Waals surface area contributed by atoms with Gasteiger partial charge in [-0.25, -0.2) is 4.98 Å². The van der Waals surface area contributed by atoms with Crippen LogP contribution >= 0.6 is 0 Å². The van der Waals surface area contributed by atoms with Gasteiger partial charge in [0.1, 0.15) is 5.82 Å². The van der Waals surface area contributed by atoms with Gasteiger partial charge in [0.15, 0.2) is 0 Å². The molecule has 0 unspecified atom stereocenters. The van der Waals surface area contributed by atoms with Crippen LogP contribution in [0.3, 0.4) is 0 Å². The average Bonchev–Trinajstić information content (AvgIpc) is 2.71. The lowest BCUT2D eigenvalue weighted by molar-refractivity contribution is -0.137. The molecule has 0 saturated carbocycles. The van der Waals surface area contributed by atoms with Gasteiger partial charge in [-0.2, -0.15) is 18.2 Å². The zero-order chi connectivity index (χ0) is 22.6. The smallest absolute Gasteiger partial charge is 0.368 e. The van der Waals surface area contributed by atoms with Crippen molar-refractivity contribution in [3.8, 4) is 0 Å². The largest absolute Gasteiger partial charge is 0.416 e. The van der Waals surface area contributed by atoms with Crippen molar-refractivity contribution in [2.45, 2.75) is 38.9 Å². The molecular formula is C23H24F3N5. The van der Waals surface area contributed by atoms with E-state index in [4.69, 9.17) is 5.73 Å². The third-order valence-electron chi connectivity index (χ3n) is 4.94. The molecular weight excluding hydrogens is 403 g/mol. The van der Waals surface area contributed by atoms with Gasteiger partial charge in [0.25, 0.3) is 0 Å². The Bertz CT molecular complexity index is 1060. The van der Waals surface area contributed by atoms with Crippen molar-refractivity contribution < 1.29 is 13.2 Å². The predicted molar refractivity (Wildman–Crippen MR) is 116 cm³/mol. The summed E-state index contributed by atoms with van der Waals surface area (Å²) in [4.78, 5) is 12.8. The second kappa shape index (κ2) is 8.75. The molecule has 0 aliphatic carbocycles. The molecule has 0 bridgehead atoms. The molecule has 3 N–H and O–H groups in total. The Labute approximate surface area is 179 Å². The van der Waals surface area contributed by atoms with Crippen LogP contribution in [-0.2, 0) is 18.1 Å². The minimum Gasteiger partial charge on any atom is -0.368 e. The van der Waals surface area contributed by atoms with E-state index in [1.807, 2.05) is 51.1 Å². The molecule has 1 aromatic carbocycles. The number of anilines is 2. The van der Waals surface area contributed by atoms with Crippen molar-refractivity contribution in [1.82, 2.24) is 15.0 Å². The molecule has 0 aliphatic heterocycles. The molecule has 0 spiro atoms. The van der Waals surface area contributed by atoms with Gasteiger partial charge in [-0.05, 0) is 36.8 Å². The number of hydrogen-bond donors (Lipinski definition) is 2. The molecule has 0 fully saturated rings. The Hall–Kier alpha value is -3.42. The molecule has 0 atom stereocenters. The maximum Gasteiger partial charge on any atom is 0.416 e. The molecule has 3 rings (SSSR count). The predicted octanol–water partition coefficient (Wildman–Crippen LogP) is 5.38. The molecule has 5 nitrogen and oxygen atoms in total. The maximum atomic E-state index is 12.9. The monoisotopic (exact) mass is 427 g/mol. The van der Waals surface area contributed by atoms with Crippen LogP contribution in [0.4, 0.5) is 24.9 Å². The van der Waals surface area contributed by atoms with E-state index in [-0.39, 0.29) is 5.95 Å². The lowest BCUT2D eigenvalue weighted by Gasteiger charge is -2.22. The van der Waals surface area contributed by atoms with Crippen LogP contribution in [0.1, 0.15) is 41.9 Å². The second-order valence-electron chi connectivity index (χ2n) is 7.73. The number of nitrogens with one attached hydrogen (secondary N) is 1. The number of nitrogens with zero attached hydrogens (tertiary/aromatic N) is 3. The number of hydrogen-bond acceptors (Lipinski definition) is 5. The van der Waals surface area contributed by atoms with Crippen molar-refractivity contribution in [1.29, 1.82) is 0 Å². The summed E-state index contributed by atoms with van der Waals surface area (Å²) in [6.45, 7) is 6.15. The number of benzene rings is 1. The number of rotatable bonds is 6. The number of nitrogens with two attached hydrogens (primary N) is 1. The minimum absolute atomic E-state index is 0.153. The van der Waals surface area contributed by atoms with Crippen molar-refractivity contribution >= 4 is 17.8 Å². The van der Waals surface area contributed by atoms with Crippen molar-refractivity contribution in [2.75, 3.05) is 11.1 Å². The minimum atomic E-state index is -4.36. The summed E-state index contributed by atoms with van der Waals surface area (Å²) in [6.07, 6.45) is 1.14. The fraction of sp³-hybridized carbons (Fsp3) is 0.261. The van der Waals surface area contributed by atoms with E-state index in [0.29, 0.717) is 18.1 Å². The summed E-state index contributed by atoms with van der Waals surface area (Å²) >= 11 is 0. The number of allylic oxidation sites excluding steroid dienone is 1. The molecule has 0 radical (unpaired) electrons. The summed E-state index contributed by atoms with van der Waals surface area (Å²) in [6, 6.07) is 10.8. The van der Waals surface area contributed by atoms with Crippen LogP contribution in [-0.4, -0.2) is 15.0 Å². The van der Waals surface area contributed by atoms with Crippen molar-refractivity contribution in [3.63, 3.8) is 0 Å². The SMILES string of the molecule is Cc1nc(N)nc(NCc2ccccn2)c1/C=C/C(C)(C)c1ccc(C(F)(F)F)cc1. The zero-order valence-corrected chi connectivity index (χ0v) is 17.5. The van der Waals surface area contributed by atoms with Gasteiger partial charge < -0.3 is 11.1 Å². The molecule has 0 saturated heterocycles. The van der Waals surface area contributed by atoms with Crippen LogP contribution in [0.2, 0.25) is 0 Å². The molecule has 2 aromatic heterocycles. The molecule has 31 heavy (non-hydrogen) atoms. The third-order valence-corrected chi connectivity index (χ3v) is 4.94. The first-order chi connectivity index (χ1) is 14.6. The van der Waals surface area contributed by atoms with Gasteiger partial charge in [0, 0.05) is 17.2 Å². The van der Waals surface area contributed by atoms with Crippen molar-refractivity contribution in [3.05, 3.63) is 82.8 Å². The Morgan fingerprint density at radius 1 is 1.00 bits per heavy atom. The number of pyridine rings is 1. The summed E-state index contributed by atoms with van der Waals surface area (Å²) in [7, 11) is 0. The van der Waals surface area contributed by atoms with E-state index in [0.717, 1.165) is 29.0 Å². The number of aryl methyl sites for hydroxylation is 1. The van der Waals surface area contributed by atoms with E-state index in [1.54, 1.807) is 6.20 Å². The Morgan fingerprint density at radius 3 is 2.29 bits per heavy atom. The molecule has 0 aliphatic rings. The lowest BCUT2D eigenvalue weighted by atomic mass is 9.83. The van der Waals surface area contributed by atoms with Crippen LogP contribution in [0, 0.1) is 6.92 Å². The molecule has 0 amide bonds. The van der Waals surface area contributed by atoms with Crippen molar-refractivity contribution in [2.24, 2.45) is 0 Å². The number of nitrogen functional groups attached to an aromatic ring is 1. The topological polar surface area (TPSA) is 76.7 Å². The van der Waals surface area contributed by atoms with E-state index in [2.05, 4.69) is 20.3 Å². The fourth-order valence-corrected chi connectivity index (χ4v) is 3.09. The van der Waals surface area contributed by atoms with Crippen LogP contribution in [0.15, 0.2) is 54.7 Å². The number of alkyl halides is 3. The summed E-state index contributed by atoms with van der Waals surface area (Å²) < 4.78 is 38.6. The highest BCUT2D eigenvalue weighted by Gasteiger charge is 2.30. The molecule has 8 heteroatoms. The molecule has 3 aromatic rings. The Balaban J connectivity index is 1.86. The Morgan fingerprint density at radius 2 is 1.68 bits per heavy atom. The highest BCUT2D eigenvalue weighted by molar-refractivity contribution is 5.67. The van der Waals surface area contributed by atoms with E-state index in [9.17, 15) is 13.2 Å². The van der Waals surface area contributed by atoms with Crippen LogP contribution in [0.5, 0.6) is 0 Å². The first kappa shape index (κ1) is 22.3. The van der Waals surface area contributed by atoms with E-state index < -0.39 is 17.2 Å². The highest BCUT2D eigenvalue weighted by Crippen LogP contribution is 2.33. The molecule has 2 heterocycles. The average molecular weight is 427 g/mol. The van der Waals surface area contributed by atoms with Crippen LogP contribution in [0.25, 0.3) is 6.08 Å².